The van der Waals surface area contributed by atoms with Crippen molar-refractivity contribution in [3.8, 4) is 11.3 Å². The molecule has 0 aliphatic carbocycles. The van der Waals surface area contributed by atoms with E-state index in [4.69, 9.17) is 31.2 Å². The molecule has 0 saturated carbocycles. The molecule has 2 bridgehead atoms. The molecule has 1 unspecified atom stereocenters. The van der Waals surface area contributed by atoms with Crippen LogP contribution >= 0.6 is 11.6 Å². The number of alkyl carbamates (subject to hydrolysis) is 1. The lowest BCUT2D eigenvalue weighted by molar-refractivity contribution is -0.0368. The number of hydrogen-bond donors (Lipinski definition) is 1. The van der Waals surface area contributed by atoms with E-state index in [2.05, 4.69) is 22.2 Å². The first-order valence-corrected chi connectivity index (χ1v) is 16.8. The van der Waals surface area contributed by atoms with E-state index in [9.17, 15) is 9.59 Å². The van der Waals surface area contributed by atoms with E-state index in [1.165, 1.54) is 0 Å². The number of anilines is 1. The van der Waals surface area contributed by atoms with Gasteiger partial charge in [0, 0.05) is 55.0 Å². The molecule has 1 aromatic carbocycles. The smallest absolute Gasteiger partial charge is 0.408 e. The lowest BCUT2D eigenvalue weighted by Crippen LogP contribution is -2.59. The summed E-state index contributed by atoms with van der Waals surface area (Å²) in [5, 5.41) is 14.5. The van der Waals surface area contributed by atoms with Crippen molar-refractivity contribution >= 4 is 45.6 Å². The molecule has 1 N–H and O–H groups in total. The second-order valence-corrected chi connectivity index (χ2v) is 14.7. The predicted octanol–water partition coefficient (Wildman–Crippen LogP) is 5.93. The number of aryl methyl sites for hydroxylation is 1. The van der Waals surface area contributed by atoms with Gasteiger partial charge in [-0.3, -0.25) is 14.0 Å². The average Bonchev–Trinajstić information content (AvgIpc) is 3.67. The maximum atomic E-state index is 14.4. The van der Waals surface area contributed by atoms with E-state index in [1.807, 2.05) is 50.7 Å². The van der Waals surface area contributed by atoms with Gasteiger partial charge in [0.15, 0.2) is 11.9 Å². The number of aromatic nitrogens is 6. The number of ether oxygens (including phenoxy) is 2. The quantitative estimate of drug-likeness (QED) is 0.282. The Kier molecular flexibility index (Phi) is 7.58. The second kappa shape index (κ2) is 11.3. The third-order valence-corrected chi connectivity index (χ3v) is 10.0. The van der Waals surface area contributed by atoms with E-state index in [1.54, 1.807) is 16.3 Å². The number of carbonyl (C=O) groups is 1. The zero-order valence-corrected chi connectivity index (χ0v) is 28.2. The molecule has 3 fully saturated rings. The summed E-state index contributed by atoms with van der Waals surface area (Å²) in [6, 6.07) is 4.01. The van der Waals surface area contributed by atoms with Crippen molar-refractivity contribution in [3.63, 3.8) is 0 Å². The predicted molar refractivity (Wildman–Crippen MR) is 177 cm³/mol. The fraction of sp³-hybridized carbons (Fsp3) is 0.606. The van der Waals surface area contributed by atoms with Crippen LogP contribution in [-0.2, 0) is 23.1 Å². The van der Waals surface area contributed by atoms with Crippen LogP contribution in [0.2, 0.25) is 5.02 Å². The highest BCUT2D eigenvalue weighted by Gasteiger charge is 2.48. The molecule has 4 aromatic rings. The molecule has 13 heteroatoms. The van der Waals surface area contributed by atoms with E-state index in [-0.39, 0.29) is 23.9 Å². The largest absolute Gasteiger partial charge is 0.444 e. The number of amides is 1. The monoisotopic (exact) mass is 650 g/mol. The third kappa shape index (κ3) is 5.33. The van der Waals surface area contributed by atoms with Crippen molar-refractivity contribution in [3.05, 3.63) is 33.7 Å². The normalized spacial score (nSPS) is 25.0. The fourth-order valence-corrected chi connectivity index (χ4v) is 7.91. The Bertz CT molecular complexity index is 1870. The number of halogens is 1. The van der Waals surface area contributed by atoms with E-state index >= 15 is 0 Å². The van der Waals surface area contributed by atoms with Gasteiger partial charge in [-0.25, -0.2) is 9.48 Å². The molecule has 3 aromatic heterocycles. The van der Waals surface area contributed by atoms with Crippen LogP contribution < -0.4 is 15.8 Å². The van der Waals surface area contributed by atoms with Gasteiger partial charge in [0.2, 0.25) is 5.95 Å². The van der Waals surface area contributed by atoms with Gasteiger partial charge in [-0.1, -0.05) is 11.6 Å². The molecule has 7 rings (SSSR count). The van der Waals surface area contributed by atoms with Crippen LogP contribution in [0.15, 0.2) is 23.1 Å². The topological polar surface area (TPSA) is 121 Å². The maximum absolute atomic E-state index is 14.4. The fourth-order valence-electron chi connectivity index (χ4n) is 7.61. The standard InChI is InChI=1S/C33H43ClN8O4/c1-7-40-18-22-23(37-40)14-13-21(26(22)34)27-25-28(42(38-27)24-10-8-9-15-45-24)35-30(39(6)29(25)43)41-19-11-12-20(41)17-33(5,16-19)36-31(44)46-32(2,3)4/h13-14,18-20,24H,7-12,15-17H2,1-6H3,(H,36,44)/t19-,20+,24?,33+. The van der Waals surface area contributed by atoms with Crippen molar-refractivity contribution in [1.82, 2.24) is 34.4 Å². The Morgan fingerprint density at radius 3 is 2.54 bits per heavy atom. The SMILES string of the molecule is CCn1cc2c(Cl)c(-c3nn(C4CCCCO4)c4nc(N5[C@@H]6CC[C@H]5C[C@@](C)(NC(=O)OC(C)(C)C)C6)n(C)c(=O)c34)ccc2n1. The lowest BCUT2D eigenvalue weighted by atomic mass is 9.84. The van der Waals surface area contributed by atoms with Gasteiger partial charge in [-0.15, -0.1) is 0 Å². The zero-order chi connectivity index (χ0) is 32.5. The molecule has 0 radical (unpaired) electrons. The van der Waals surface area contributed by atoms with Crippen molar-refractivity contribution in [2.75, 3.05) is 11.5 Å². The summed E-state index contributed by atoms with van der Waals surface area (Å²) in [7, 11) is 1.78. The first kappa shape index (κ1) is 31.0. The number of nitrogens with zero attached hydrogens (tertiary/aromatic N) is 7. The summed E-state index contributed by atoms with van der Waals surface area (Å²) >= 11 is 7.02. The van der Waals surface area contributed by atoms with E-state index in [0.717, 1.165) is 49.6 Å². The summed E-state index contributed by atoms with van der Waals surface area (Å²) in [6.07, 6.45) is 7.28. The first-order chi connectivity index (χ1) is 21.9. The average molecular weight is 651 g/mol. The van der Waals surface area contributed by atoms with Crippen molar-refractivity contribution in [2.24, 2.45) is 7.05 Å². The van der Waals surface area contributed by atoms with Crippen LogP contribution in [0.4, 0.5) is 10.7 Å². The minimum atomic E-state index is -0.574. The number of fused-ring (bicyclic) bond motifs is 4. The van der Waals surface area contributed by atoms with Crippen molar-refractivity contribution in [1.29, 1.82) is 0 Å². The maximum Gasteiger partial charge on any atom is 0.408 e. The Hall–Kier alpha value is -3.64. The molecule has 246 valence electrons. The van der Waals surface area contributed by atoms with Gasteiger partial charge in [0.05, 0.1) is 10.5 Å². The highest BCUT2D eigenvalue weighted by atomic mass is 35.5. The molecule has 4 atom stereocenters. The van der Waals surface area contributed by atoms with Crippen LogP contribution in [0.5, 0.6) is 0 Å². The number of benzene rings is 1. The molecule has 1 amide bonds. The van der Waals surface area contributed by atoms with Crippen LogP contribution in [0, 0.1) is 0 Å². The van der Waals surface area contributed by atoms with Gasteiger partial charge in [0.1, 0.15) is 16.7 Å². The number of nitrogens with one attached hydrogen (secondary N) is 1. The van der Waals surface area contributed by atoms with Gasteiger partial charge in [-0.2, -0.15) is 15.2 Å². The number of carbonyl (C=O) groups excluding carboxylic acids is 1. The summed E-state index contributed by atoms with van der Waals surface area (Å²) in [5.41, 5.74) is 1.26. The number of hydrogen-bond acceptors (Lipinski definition) is 8. The number of piperidine rings is 1. The summed E-state index contributed by atoms with van der Waals surface area (Å²) in [4.78, 5) is 34.7. The van der Waals surface area contributed by atoms with Gasteiger partial charge in [0.25, 0.3) is 5.56 Å². The van der Waals surface area contributed by atoms with Gasteiger partial charge in [-0.05, 0) is 91.7 Å². The zero-order valence-electron chi connectivity index (χ0n) is 27.5. The third-order valence-electron chi connectivity index (χ3n) is 9.61. The highest BCUT2D eigenvalue weighted by molar-refractivity contribution is 6.38. The van der Waals surface area contributed by atoms with Crippen LogP contribution in [0.25, 0.3) is 33.2 Å². The van der Waals surface area contributed by atoms with Gasteiger partial charge >= 0.3 is 6.09 Å². The minimum Gasteiger partial charge on any atom is -0.444 e. The molecule has 3 aliphatic heterocycles. The number of rotatable bonds is 5. The first-order valence-electron chi connectivity index (χ1n) is 16.4. The Morgan fingerprint density at radius 2 is 1.89 bits per heavy atom. The molecule has 0 spiro atoms. The molecular weight excluding hydrogens is 608 g/mol. The van der Waals surface area contributed by atoms with E-state index in [0.29, 0.717) is 52.7 Å². The summed E-state index contributed by atoms with van der Waals surface area (Å²) in [6.45, 7) is 11.1. The summed E-state index contributed by atoms with van der Waals surface area (Å²) < 4.78 is 17.1. The molecule has 46 heavy (non-hydrogen) atoms. The lowest BCUT2D eigenvalue weighted by Gasteiger charge is -2.45. The highest BCUT2D eigenvalue weighted by Crippen LogP contribution is 2.44. The van der Waals surface area contributed by atoms with Gasteiger partial charge < -0.3 is 19.7 Å². The van der Waals surface area contributed by atoms with Crippen LogP contribution in [-0.4, -0.2) is 65.0 Å². The van der Waals surface area contributed by atoms with Crippen molar-refractivity contribution in [2.45, 2.75) is 116 Å². The van der Waals surface area contributed by atoms with E-state index < -0.39 is 17.2 Å². The molecular formula is C33H43ClN8O4. The van der Waals surface area contributed by atoms with Crippen molar-refractivity contribution < 1.29 is 14.3 Å². The molecule has 12 nitrogen and oxygen atoms in total. The molecule has 3 saturated heterocycles. The Balaban J connectivity index is 1.31. The van der Waals surface area contributed by atoms with Crippen LogP contribution in [0.3, 0.4) is 0 Å². The molecule has 6 heterocycles. The molecule has 3 aliphatic rings. The second-order valence-electron chi connectivity index (χ2n) is 14.3. The summed E-state index contributed by atoms with van der Waals surface area (Å²) in [5.74, 6) is 0.610. The minimum absolute atomic E-state index is 0.1000. The van der Waals surface area contributed by atoms with Crippen LogP contribution in [0.1, 0.15) is 85.8 Å². The Morgan fingerprint density at radius 1 is 1.15 bits per heavy atom. The Labute approximate surface area is 273 Å².